The van der Waals surface area contributed by atoms with E-state index < -0.39 is 5.60 Å². The van der Waals surface area contributed by atoms with Gasteiger partial charge in [0.15, 0.2) is 0 Å². The second kappa shape index (κ2) is 8.10. The van der Waals surface area contributed by atoms with Gasteiger partial charge in [0.25, 0.3) is 5.24 Å². The van der Waals surface area contributed by atoms with Gasteiger partial charge in [0.1, 0.15) is 5.75 Å². The Bertz CT molecular complexity index is 813. The fourth-order valence-electron chi connectivity index (χ4n) is 2.67. The van der Waals surface area contributed by atoms with Crippen molar-refractivity contribution in [3.8, 4) is 5.75 Å². The van der Waals surface area contributed by atoms with Gasteiger partial charge in [-0.05, 0) is 44.0 Å². The Morgan fingerprint density at radius 1 is 1.19 bits per heavy atom. The summed E-state index contributed by atoms with van der Waals surface area (Å²) in [5.41, 5.74) is 1.76. The first-order chi connectivity index (χ1) is 12.8. The molecule has 1 saturated heterocycles. The van der Waals surface area contributed by atoms with Crippen molar-refractivity contribution in [2.24, 2.45) is 0 Å². The largest absolute Gasteiger partial charge is 0.493 e. The number of nitrogens with one attached hydrogen (secondary N) is 1. The molecule has 1 fully saturated rings. The second-order valence-electron chi connectivity index (χ2n) is 6.93. The summed E-state index contributed by atoms with van der Waals surface area (Å²) in [6, 6.07) is 11.3. The fraction of sp³-hybridized carbons (Fsp3) is 0.350. The van der Waals surface area contributed by atoms with E-state index in [1.807, 2.05) is 36.4 Å². The normalized spacial score (nSPS) is 17.1. The predicted octanol–water partition coefficient (Wildman–Crippen LogP) is 2.82. The zero-order chi connectivity index (χ0) is 19.4. The quantitative estimate of drug-likeness (QED) is 0.761. The molecule has 7 heteroatoms. The Morgan fingerprint density at radius 2 is 1.93 bits per heavy atom. The molecule has 3 rings (SSSR count). The molecule has 1 aromatic heterocycles. The molecule has 0 aliphatic carbocycles. The predicted molar refractivity (Wildman–Crippen MR) is 104 cm³/mol. The van der Waals surface area contributed by atoms with Crippen LogP contribution < -0.4 is 10.1 Å². The highest BCUT2D eigenvalue weighted by atomic mass is 32.2. The van der Waals surface area contributed by atoms with Crippen LogP contribution in [-0.4, -0.2) is 33.1 Å². The van der Waals surface area contributed by atoms with Gasteiger partial charge in [-0.3, -0.25) is 19.9 Å². The van der Waals surface area contributed by atoms with Crippen LogP contribution in [0.1, 0.15) is 30.7 Å². The maximum absolute atomic E-state index is 11.6. The highest BCUT2D eigenvalue weighted by molar-refractivity contribution is 8.15. The number of ether oxygens (including phenoxy) is 1. The number of carbonyl (C=O) groups excluding carboxylic acids is 2. The lowest BCUT2D eigenvalue weighted by atomic mass is 10.0. The van der Waals surface area contributed by atoms with Gasteiger partial charge in [0, 0.05) is 23.9 Å². The molecule has 0 saturated carbocycles. The van der Waals surface area contributed by atoms with E-state index in [4.69, 9.17) is 4.74 Å². The molecule has 2 amide bonds. The van der Waals surface area contributed by atoms with Crippen LogP contribution in [0.25, 0.3) is 0 Å². The number of aliphatic hydroxyl groups is 1. The van der Waals surface area contributed by atoms with Gasteiger partial charge in [0.2, 0.25) is 5.91 Å². The fourth-order valence-corrected chi connectivity index (χ4v) is 3.53. The lowest BCUT2D eigenvalue weighted by Gasteiger charge is -2.17. The van der Waals surface area contributed by atoms with Crippen LogP contribution in [0.2, 0.25) is 0 Å². The van der Waals surface area contributed by atoms with E-state index in [0.29, 0.717) is 19.4 Å². The summed E-state index contributed by atoms with van der Waals surface area (Å²) in [6.07, 6.45) is 2.86. The van der Waals surface area contributed by atoms with Crippen molar-refractivity contribution < 1.29 is 19.4 Å². The maximum atomic E-state index is 11.6. The number of imide groups is 1. The molecule has 1 aliphatic rings. The number of thioether (sulfide) groups is 1. The number of hydrogen-bond donors (Lipinski definition) is 2. The Balaban J connectivity index is 1.47. The van der Waals surface area contributed by atoms with Crippen molar-refractivity contribution in [2.45, 2.75) is 37.5 Å². The van der Waals surface area contributed by atoms with Crippen LogP contribution in [0.5, 0.6) is 5.75 Å². The molecule has 1 aromatic carbocycles. The number of amides is 2. The molecule has 2 N–H and O–H groups in total. The first kappa shape index (κ1) is 19.4. The van der Waals surface area contributed by atoms with E-state index in [9.17, 15) is 14.7 Å². The number of hydrogen-bond acceptors (Lipinski definition) is 6. The minimum Gasteiger partial charge on any atom is -0.493 e. The summed E-state index contributed by atoms with van der Waals surface area (Å²) >= 11 is 1.03. The van der Waals surface area contributed by atoms with E-state index in [-0.39, 0.29) is 16.4 Å². The minimum atomic E-state index is -0.894. The summed E-state index contributed by atoms with van der Waals surface area (Å²) in [4.78, 5) is 27.2. The van der Waals surface area contributed by atoms with E-state index in [1.54, 1.807) is 20.0 Å². The number of pyridine rings is 1. The average molecular weight is 386 g/mol. The Morgan fingerprint density at radius 3 is 2.48 bits per heavy atom. The molecule has 1 unspecified atom stereocenters. The molecule has 0 radical (unpaired) electrons. The number of nitrogens with zero attached hydrogens (tertiary/aromatic N) is 1. The van der Waals surface area contributed by atoms with Gasteiger partial charge in [-0.2, -0.15) is 0 Å². The van der Waals surface area contributed by atoms with Gasteiger partial charge in [0.05, 0.1) is 17.5 Å². The van der Waals surface area contributed by atoms with Gasteiger partial charge >= 0.3 is 0 Å². The van der Waals surface area contributed by atoms with Crippen molar-refractivity contribution in [3.63, 3.8) is 0 Å². The van der Waals surface area contributed by atoms with Gasteiger partial charge in [-0.1, -0.05) is 30.0 Å². The van der Waals surface area contributed by atoms with Crippen LogP contribution in [0.3, 0.4) is 0 Å². The minimum absolute atomic E-state index is 0.228. The average Bonchev–Trinajstić information content (AvgIpc) is 2.93. The smallest absolute Gasteiger partial charge is 0.286 e. The molecular weight excluding hydrogens is 364 g/mol. The van der Waals surface area contributed by atoms with Gasteiger partial charge in [-0.25, -0.2) is 0 Å². The molecule has 2 heterocycles. The van der Waals surface area contributed by atoms with E-state index >= 15 is 0 Å². The SMILES string of the molecule is CC(C)(O)c1ccc(CCOc2ccc(CC3SC(=O)NC3=O)cc2)nc1. The number of rotatable bonds is 7. The second-order valence-corrected chi connectivity index (χ2v) is 8.10. The Labute approximate surface area is 162 Å². The van der Waals surface area contributed by atoms with Crippen LogP contribution in [0, 0.1) is 0 Å². The van der Waals surface area contributed by atoms with Crippen molar-refractivity contribution >= 4 is 22.9 Å². The van der Waals surface area contributed by atoms with Crippen molar-refractivity contribution in [3.05, 3.63) is 59.4 Å². The van der Waals surface area contributed by atoms with Crippen LogP contribution in [0.4, 0.5) is 4.79 Å². The summed E-state index contributed by atoms with van der Waals surface area (Å²) < 4.78 is 5.74. The van der Waals surface area contributed by atoms with Gasteiger partial charge < -0.3 is 9.84 Å². The summed E-state index contributed by atoms with van der Waals surface area (Å²) in [5.74, 6) is 0.514. The lowest BCUT2D eigenvalue weighted by molar-refractivity contribution is -0.118. The Kier molecular flexibility index (Phi) is 5.82. The molecule has 27 heavy (non-hydrogen) atoms. The zero-order valence-electron chi connectivity index (χ0n) is 15.3. The van der Waals surface area contributed by atoms with Crippen LogP contribution in [0.15, 0.2) is 42.6 Å². The number of carbonyl (C=O) groups is 2. The number of benzene rings is 1. The van der Waals surface area contributed by atoms with Crippen molar-refractivity contribution in [1.29, 1.82) is 0 Å². The highest BCUT2D eigenvalue weighted by Crippen LogP contribution is 2.24. The lowest BCUT2D eigenvalue weighted by Crippen LogP contribution is -2.25. The third-order valence-electron chi connectivity index (χ3n) is 4.27. The molecule has 1 atom stereocenters. The molecule has 1 aliphatic heterocycles. The monoisotopic (exact) mass is 386 g/mol. The summed E-state index contributed by atoms with van der Waals surface area (Å²) in [5, 5.41) is 11.6. The highest BCUT2D eigenvalue weighted by Gasteiger charge is 2.31. The molecule has 0 spiro atoms. The van der Waals surface area contributed by atoms with Crippen LogP contribution >= 0.6 is 11.8 Å². The van der Waals surface area contributed by atoms with Gasteiger partial charge in [-0.15, -0.1) is 0 Å². The van der Waals surface area contributed by atoms with E-state index in [1.165, 1.54) is 0 Å². The maximum Gasteiger partial charge on any atom is 0.286 e. The Hall–Kier alpha value is -2.38. The van der Waals surface area contributed by atoms with E-state index in [2.05, 4.69) is 10.3 Å². The molecule has 142 valence electrons. The topological polar surface area (TPSA) is 88.5 Å². The molecule has 6 nitrogen and oxygen atoms in total. The standard InChI is InChI=1S/C20H22N2O4S/c1-20(2,25)14-5-6-15(21-12-14)9-10-26-16-7-3-13(4-8-16)11-17-18(23)22-19(24)27-17/h3-8,12,17,25H,9-11H2,1-2H3,(H,22,23,24). The van der Waals surface area contributed by atoms with Crippen molar-refractivity contribution in [1.82, 2.24) is 10.3 Å². The molecule has 2 aromatic rings. The number of aromatic nitrogens is 1. The first-order valence-electron chi connectivity index (χ1n) is 8.72. The third kappa shape index (κ3) is 5.30. The van der Waals surface area contributed by atoms with Crippen molar-refractivity contribution in [2.75, 3.05) is 6.61 Å². The summed E-state index contributed by atoms with van der Waals surface area (Å²) in [7, 11) is 0. The molecule has 0 bridgehead atoms. The van der Waals surface area contributed by atoms with E-state index in [0.717, 1.165) is 34.3 Å². The first-order valence-corrected chi connectivity index (χ1v) is 9.60. The summed E-state index contributed by atoms with van der Waals surface area (Å²) in [6.45, 7) is 3.95. The third-order valence-corrected chi connectivity index (χ3v) is 5.25. The zero-order valence-corrected chi connectivity index (χ0v) is 16.1. The molecular formula is C20H22N2O4S. The van der Waals surface area contributed by atoms with Crippen LogP contribution in [-0.2, 0) is 23.2 Å².